The third kappa shape index (κ3) is 5.73. The van der Waals surface area contributed by atoms with Gasteiger partial charge in [-0.1, -0.05) is 13.0 Å². The molecule has 0 aromatic heterocycles. The van der Waals surface area contributed by atoms with Crippen molar-refractivity contribution >= 4 is 11.8 Å². The molecule has 0 bridgehead atoms. The summed E-state index contributed by atoms with van der Waals surface area (Å²) >= 11 is 1.23. The van der Waals surface area contributed by atoms with E-state index < -0.39 is 11.7 Å². The van der Waals surface area contributed by atoms with E-state index in [9.17, 15) is 13.2 Å². The van der Waals surface area contributed by atoms with Crippen molar-refractivity contribution in [1.29, 1.82) is 0 Å². The van der Waals surface area contributed by atoms with Gasteiger partial charge >= 0.3 is 6.18 Å². The third-order valence-corrected chi connectivity index (χ3v) is 3.84. The molecule has 0 aliphatic rings. The van der Waals surface area contributed by atoms with Gasteiger partial charge < -0.3 is 10.1 Å². The van der Waals surface area contributed by atoms with E-state index >= 15 is 0 Å². The van der Waals surface area contributed by atoms with Gasteiger partial charge in [0.05, 0.1) is 5.56 Å². The van der Waals surface area contributed by atoms with Crippen LogP contribution >= 0.6 is 11.8 Å². The van der Waals surface area contributed by atoms with Crippen LogP contribution in [-0.2, 0) is 17.5 Å². The number of alkyl halides is 3. The Morgan fingerprint density at radius 1 is 1.30 bits per heavy atom. The lowest BCUT2D eigenvalue weighted by Crippen LogP contribution is -2.14. The summed E-state index contributed by atoms with van der Waals surface area (Å²) in [6.45, 7) is 3.67. The van der Waals surface area contributed by atoms with E-state index in [4.69, 9.17) is 4.74 Å². The highest BCUT2D eigenvalue weighted by molar-refractivity contribution is 7.99. The smallest absolute Gasteiger partial charge is 0.385 e. The SMILES string of the molecule is CCNCc1ccc(SCCCOC)c(C(F)(F)F)c1. The van der Waals surface area contributed by atoms with E-state index in [1.54, 1.807) is 19.2 Å². The second-order valence-corrected chi connectivity index (χ2v) is 5.44. The lowest BCUT2D eigenvalue weighted by atomic mass is 10.1. The average Bonchev–Trinajstić information content (AvgIpc) is 2.41. The highest BCUT2D eigenvalue weighted by Crippen LogP contribution is 2.37. The van der Waals surface area contributed by atoms with Crippen LogP contribution in [0.5, 0.6) is 0 Å². The van der Waals surface area contributed by atoms with Crippen LogP contribution in [-0.4, -0.2) is 26.0 Å². The largest absolute Gasteiger partial charge is 0.417 e. The van der Waals surface area contributed by atoms with E-state index in [1.165, 1.54) is 17.8 Å². The number of hydrogen-bond acceptors (Lipinski definition) is 3. The summed E-state index contributed by atoms with van der Waals surface area (Å²) in [5.74, 6) is 0.615. The fourth-order valence-corrected chi connectivity index (χ4v) is 2.67. The second kappa shape index (κ2) is 8.54. The van der Waals surface area contributed by atoms with Gasteiger partial charge in [0.25, 0.3) is 0 Å². The fourth-order valence-electron chi connectivity index (χ4n) is 1.69. The minimum atomic E-state index is -4.31. The van der Waals surface area contributed by atoms with E-state index in [2.05, 4.69) is 5.32 Å². The summed E-state index contributed by atoms with van der Waals surface area (Å²) in [5.41, 5.74) is 0.107. The van der Waals surface area contributed by atoms with E-state index in [-0.39, 0.29) is 4.90 Å². The first kappa shape index (κ1) is 17.3. The Morgan fingerprint density at radius 3 is 2.65 bits per heavy atom. The molecule has 2 nitrogen and oxygen atoms in total. The Bertz CT molecular complexity index is 410. The van der Waals surface area contributed by atoms with E-state index in [1.807, 2.05) is 6.92 Å². The molecule has 0 atom stereocenters. The maximum absolute atomic E-state index is 13.1. The fraction of sp³-hybridized carbons (Fsp3) is 0.571. The number of ether oxygens (including phenoxy) is 1. The Balaban J connectivity index is 2.81. The molecule has 0 saturated carbocycles. The number of benzene rings is 1. The van der Waals surface area contributed by atoms with Gasteiger partial charge in [0, 0.05) is 30.9 Å². The van der Waals surface area contributed by atoms with Gasteiger partial charge in [-0.15, -0.1) is 11.8 Å². The van der Waals surface area contributed by atoms with Gasteiger partial charge in [-0.3, -0.25) is 0 Å². The third-order valence-electron chi connectivity index (χ3n) is 2.68. The van der Waals surface area contributed by atoms with Gasteiger partial charge in [-0.2, -0.15) is 13.2 Å². The Kier molecular flexibility index (Phi) is 7.40. The quantitative estimate of drug-likeness (QED) is 0.580. The summed E-state index contributed by atoms with van der Waals surface area (Å²) in [4.78, 5) is 0.286. The molecule has 0 radical (unpaired) electrons. The zero-order valence-electron chi connectivity index (χ0n) is 11.7. The van der Waals surface area contributed by atoms with Crippen LogP contribution in [0.2, 0.25) is 0 Å². The molecule has 20 heavy (non-hydrogen) atoms. The van der Waals surface area contributed by atoms with Crippen LogP contribution < -0.4 is 5.32 Å². The van der Waals surface area contributed by atoms with Crippen molar-refractivity contribution in [3.05, 3.63) is 29.3 Å². The Labute approximate surface area is 122 Å². The number of nitrogens with one attached hydrogen (secondary N) is 1. The van der Waals surface area contributed by atoms with Crippen LogP contribution in [0.4, 0.5) is 13.2 Å². The lowest BCUT2D eigenvalue weighted by molar-refractivity contribution is -0.139. The molecular formula is C14H20F3NOS. The average molecular weight is 307 g/mol. The van der Waals surface area contributed by atoms with Crippen LogP contribution in [0.3, 0.4) is 0 Å². The van der Waals surface area contributed by atoms with Crippen molar-refractivity contribution in [2.45, 2.75) is 31.0 Å². The van der Waals surface area contributed by atoms with Crippen molar-refractivity contribution < 1.29 is 17.9 Å². The highest BCUT2D eigenvalue weighted by atomic mass is 32.2. The molecule has 0 aliphatic heterocycles. The van der Waals surface area contributed by atoms with E-state index in [0.29, 0.717) is 24.5 Å². The maximum Gasteiger partial charge on any atom is 0.417 e. The summed E-state index contributed by atoms with van der Waals surface area (Å²) in [7, 11) is 1.58. The van der Waals surface area contributed by atoms with Crippen molar-refractivity contribution in [1.82, 2.24) is 5.32 Å². The molecule has 0 amide bonds. The first-order valence-electron chi connectivity index (χ1n) is 6.51. The van der Waals surface area contributed by atoms with Gasteiger partial charge in [0.1, 0.15) is 0 Å². The number of halogens is 3. The van der Waals surface area contributed by atoms with Gasteiger partial charge in [-0.05, 0) is 30.7 Å². The van der Waals surface area contributed by atoms with Crippen molar-refractivity contribution in [2.24, 2.45) is 0 Å². The predicted molar refractivity (Wildman–Crippen MR) is 76.0 cm³/mol. The normalized spacial score (nSPS) is 11.8. The minimum Gasteiger partial charge on any atom is -0.385 e. The zero-order valence-corrected chi connectivity index (χ0v) is 12.5. The van der Waals surface area contributed by atoms with E-state index in [0.717, 1.165) is 13.0 Å². The number of methoxy groups -OCH3 is 1. The second-order valence-electron chi connectivity index (χ2n) is 4.30. The molecule has 0 saturated heterocycles. The maximum atomic E-state index is 13.1. The van der Waals surface area contributed by atoms with Crippen LogP contribution in [0, 0.1) is 0 Å². The number of thioether (sulfide) groups is 1. The minimum absolute atomic E-state index is 0.286. The van der Waals surface area contributed by atoms with Crippen LogP contribution in [0.15, 0.2) is 23.1 Å². The molecule has 1 aromatic rings. The van der Waals surface area contributed by atoms with Crippen molar-refractivity contribution in [3.63, 3.8) is 0 Å². The molecule has 1 N–H and O–H groups in total. The molecule has 0 spiro atoms. The molecular weight excluding hydrogens is 287 g/mol. The number of rotatable bonds is 8. The first-order chi connectivity index (χ1) is 9.49. The van der Waals surface area contributed by atoms with Crippen molar-refractivity contribution in [3.8, 4) is 0 Å². The molecule has 0 aliphatic carbocycles. The lowest BCUT2D eigenvalue weighted by Gasteiger charge is -2.14. The van der Waals surface area contributed by atoms with Gasteiger partial charge in [-0.25, -0.2) is 0 Å². The summed E-state index contributed by atoms with van der Waals surface area (Å²) in [6, 6.07) is 4.55. The molecule has 0 fully saturated rings. The molecule has 114 valence electrons. The topological polar surface area (TPSA) is 21.3 Å². The summed E-state index contributed by atoms with van der Waals surface area (Å²) in [6.07, 6.45) is -3.58. The highest BCUT2D eigenvalue weighted by Gasteiger charge is 2.33. The Morgan fingerprint density at radius 2 is 2.05 bits per heavy atom. The van der Waals surface area contributed by atoms with Crippen molar-refractivity contribution in [2.75, 3.05) is 26.0 Å². The summed E-state index contributed by atoms with van der Waals surface area (Å²) in [5, 5.41) is 3.03. The molecule has 1 aromatic carbocycles. The van der Waals surface area contributed by atoms with Gasteiger partial charge in [0.2, 0.25) is 0 Å². The monoisotopic (exact) mass is 307 g/mol. The number of hydrogen-bond donors (Lipinski definition) is 1. The Hall–Kier alpha value is -0.720. The molecule has 1 rings (SSSR count). The standard InChI is InChI=1S/C14H20F3NOS/c1-3-18-10-11-5-6-13(20-8-4-7-19-2)12(9-11)14(15,16)17/h5-6,9,18H,3-4,7-8,10H2,1-2H3. The summed E-state index contributed by atoms with van der Waals surface area (Å²) < 4.78 is 44.1. The first-order valence-corrected chi connectivity index (χ1v) is 7.50. The molecule has 6 heteroatoms. The zero-order chi connectivity index (χ0) is 15.0. The predicted octanol–water partition coefficient (Wildman–Crippen LogP) is 3.94. The van der Waals surface area contributed by atoms with Gasteiger partial charge in [0.15, 0.2) is 0 Å². The molecule has 0 heterocycles. The van der Waals surface area contributed by atoms with Crippen LogP contribution in [0.1, 0.15) is 24.5 Å². The molecule has 0 unspecified atom stereocenters. The van der Waals surface area contributed by atoms with Crippen LogP contribution in [0.25, 0.3) is 0 Å².